The Morgan fingerprint density at radius 1 is 1.44 bits per heavy atom. The number of likely N-dealkylation sites (tertiary alicyclic amines) is 1. The molecule has 0 aliphatic carbocycles. The molecule has 5 heteroatoms. The molecule has 1 amide bonds. The fourth-order valence-electron chi connectivity index (χ4n) is 2.15. The number of carbonyl (C=O) groups is 1. The van der Waals surface area contributed by atoms with Crippen LogP contribution >= 0.6 is 0 Å². The second kappa shape index (κ2) is 5.05. The minimum atomic E-state index is -0.412. The van der Waals surface area contributed by atoms with Crippen molar-refractivity contribution in [3.8, 4) is 0 Å². The van der Waals surface area contributed by atoms with E-state index in [-0.39, 0.29) is 6.09 Å². The van der Waals surface area contributed by atoms with E-state index < -0.39 is 5.60 Å². The first-order valence-electron chi connectivity index (χ1n) is 6.64. The Hall–Kier alpha value is -0.810. The van der Waals surface area contributed by atoms with Gasteiger partial charge in [-0.25, -0.2) is 4.79 Å². The van der Waals surface area contributed by atoms with Crippen LogP contribution in [0.25, 0.3) is 0 Å². The van der Waals surface area contributed by atoms with Crippen molar-refractivity contribution < 1.29 is 14.3 Å². The lowest BCUT2D eigenvalue weighted by Gasteiger charge is -2.45. The van der Waals surface area contributed by atoms with Gasteiger partial charge in [0, 0.05) is 19.1 Å². The van der Waals surface area contributed by atoms with Crippen LogP contribution in [0.2, 0.25) is 0 Å². The topological polar surface area (TPSA) is 42.0 Å². The van der Waals surface area contributed by atoms with E-state index in [1.807, 2.05) is 25.7 Å². The van der Waals surface area contributed by atoms with E-state index in [2.05, 4.69) is 11.9 Å². The van der Waals surface area contributed by atoms with Crippen LogP contribution in [0.1, 0.15) is 27.2 Å². The number of carbonyl (C=O) groups excluding carboxylic acids is 1. The fourth-order valence-corrected chi connectivity index (χ4v) is 2.15. The van der Waals surface area contributed by atoms with E-state index in [4.69, 9.17) is 9.47 Å². The molecule has 0 aromatic rings. The third-order valence-electron chi connectivity index (χ3n) is 3.51. The summed E-state index contributed by atoms with van der Waals surface area (Å²) in [5.41, 5.74) is -0.412. The highest BCUT2D eigenvalue weighted by atomic mass is 16.6. The van der Waals surface area contributed by atoms with Gasteiger partial charge in [0.2, 0.25) is 0 Å². The molecule has 104 valence electrons. The Morgan fingerprint density at radius 3 is 2.50 bits per heavy atom. The van der Waals surface area contributed by atoms with Crippen molar-refractivity contribution >= 4 is 6.09 Å². The first kappa shape index (κ1) is 13.6. The van der Waals surface area contributed by atoms with Crippen LogP contribution in [0, 0.1) is 0 Å². The van der Waals surface area contributed by atoms with Crippen LogP contribution in [-0.2, 0) is 9.47 Å². The van der Waals surface area contributed by atoms with E-state index >= 15 is 0 Å². The summed E-state index contributed by atoms with van der Waals surface area (Å²) in [7, 11) is 2.10. The lowest BCUT2D eigenvalue weighted by atomic mass is 10.0. The zero-order valence-corrected chi connectivity index (χ0v) is 11.8. The normalized spacial score (nSPS) is 24.7. The molecule has 2 heterocycles. The van der Waals surface area contributed by atoms with E-state index in [9.17, 15) is 4.79 Å². The highest BCUT2D eigenvalue weighted by molar-refractivity contribution is 5.69. The zero-order valence-electron chi connectivity index (χ0n) is 11.8. The van der Waals surface area contributed by atoms with Crippen LogP contribution < -0.4 is 0 Å². The number of likely N-dealkylation sites (N-methyl/N-ethyl adjacent to an activating group) is 1. The Bertz CT molecular complexity index is 310. The van der Waals surface area contributed by atoms with E-state index in [1.165, 1.54) is 0 Å². The summed E-state index contributed by atoms with van der Waals surface area (Å²) in [6, 6.07) is 0.816. The molecule has 0 bridgehead atoms. The van der Waals surface area contributed by atoms with Crippen LogP contribution in [0.5, 0.6) is 0 Å². The average Bonchev–Trinajstić information content (AvgIpc) is 2.05. The molecule has 0 aromatic carbocycles. The van der Waals surface area contributed by atoms with E-state index in [1.54, 1.807) is 0 Å². The number of nitrogens with zero attached hydrogens (tertiary/aromatic N) is 2. The molecular formula is C13H24N2O3. The van der Waals surface area contributed by atoms with Crippen molar-refractivity contribution in [1.29, 1.82) is 0 Å². The lowest BCUT2D eigenvalue weighted by molar-refractivity contribution is -0.0703. The van der Waals surface area contributed by atoms with E-state index in [0.717, 1.165) is 32.7 Å². The summed E-state index contributed by atoms with van der Waals surface area (Å²) in [5.74, 6) is 0. The maximum absolute atomic E-state index is 11.9. The molecule has 2 aliphatic heterocycles. The summed E-state index contributed by atoms with van der Waals surface area (Å²) in [6.45, 7) is 9.06. The third kappa shape index (κ3) is 3.14. The molecule has 2 saturated heterocycles. The van der Waals surface area contributed by atoms with Crippen molar-refractivity contribution in [2.45, 2.75) is 44.9 Å². The molecule has 18 heavy (non-hydrogen) atoms. The maximum Gasteiger partial charge on any atom is 0.410 e. The molecule has 0 aromatic heterocycles. The second-order valence-corrected chi connectivity index (χ2v) is 6.25. The molecule has 5 nitrogen and oxygen atoms in total. The highest BCUT2D eigenvalue weighted by Crippen LogP contribution is 2.23. The van der Waals surface area contributed by atoms with Gasteiger partial charge in [-0.2, -0.15) is 0 Å². The Balaban J connectivity index is 1.78. The number of ether oxygens (including phenoxy) is 2. The van der Waals surface area contributed by atoms with Gasteiger partial charge in [0.05, 0.1) is 19.3 Å². The molecule has 0 saturated carbocycles. The standard InChI is InChI=1S/C13H24N2O3/c1-13(2,3)18-12(16)15-6-5-10(15)7-14(4)11-8-17-9-11/h10-11H,5-9H2,1-4H3. The molecule has 1 unspecified atom stereocenters. The van der Waals surface area contributed by atoms with Gasteiger partial charge in [-0.15, -0.1) is 0 Å². The quantitative estimate of drug-likeness (QED) is 0.764. The van der Waals surface area contributed by atoms with Gasteiger partial charge in [-0.05, 0) is 34.2 Å². The minimum absolute atomic E-state index is 0.183. The third-order valence-corrected chi connectivity index (χ3v) is 3.51. The molecule has 1 atom stereocenters. The van der Waals surface area contributed by atoms with Crippen molar-refractivity contribution in [2.24, 2.45) is 0 Å². The summed E-state index contributed by atoms with van der Waals surface area (Å²) in [4.78, 5) is 16.1. The predicted molar refractivity (Wildman–Crippen MR) is 68.6 cm³/mol. The summed E-state index contributed by atoms with van der Waals surface area (Å²) in [5, 5.41) is 0. The van der Waals surface area contributed by atoms with Crippen LogP contribution in [0.3, 0.4) is 0 Å². The smallest absolute Gasteiger partial charge is 0.410 e. The molecular weight excluding hydrogens is 232 g/mol. The van der Waals surface area contributed by atoms with Crippen molar-refractivity contribution in [1.82, 2.24) is 9.80 Å². The monoisotopic (exact) mass is 256 g/mol. The maximum atomic E-state index is 11.9. The van der Waals surface area contributed by atoms with Crippen molar-refractivity contribution in [3.05, 3.63) is 0 Å². The Kier molecular flexibility index (Phi) is 3.82. The molecule has 0 spiro atoms. The Labute approximate surface area is 109 Å². The molecule has 2 fully saturated rings. The van der Waals surface area contributed by atoms with Gasteiger partial charge in [-0.3, -0.25) is 4.90 Å². The van der Waals surface area contributed by atoms with Crippen LogP contribution in [0.4, 0.5) is 4.79 Å². The SMILES string of the molecule is CN(CC1CCN1C(=O)OC(C)(C)C)C1COC1. The van der Waals surface area contributed by atoms with Crippen LogP contribution in [0.15, 0.2) is 0 Å². The zero-order chi connectivity index (χ0) is 13.3. The number of amides is 1. The fraction of sp³-hybridized carbons (Fsp3) is 0.923. The van der Waals surface area contributed by atoms with Crippen LogP contribution in [-0.4, -0.2) is 66.9 Å². The number of hydrogen-bond acceptors (Lipinski definition) is 4. The summed E-state index contributed by atoms with van der Waals surface area (Å²) in [6.07, 6.45) is 0.883. The molecule has 2 aliphatic rings. The largest absolute Gasteiger partial charge is 0.444 e. The first-order valence-corrected chi connectivity index (χ1v) is 6.64. The van der Waals surface area contributed by atoms with E-state index in [0.29, 0.717) is 12.1 Å². The lowest BCUT2D eigenvalue weighted by Crippen LogP contribution is -2.59. The number of hydrogen-bond donors (Lipinski definition) is 0. The first-order chi connectivity index (χ1) is 8.37. The summed E-state index contributed by atoms with van der Waals surface area (Å²) < 4.78 is 10.6. The predicted octanol–water partition coefficient (Wildman–Crippen LogP) is 1.33. The van der Waals surface area contributed by atoms with Gasteiger partial charge < -0.3 is 14.4 Å². The number of rotatable bonds is 3. The highest BCUT2D eigenvalue weighted by Gasteiger charge is 2.37. The molecule has 0 N–H and O–H groups in total. The van der Waals surface area contributed by atoms with Gasteiger partial charge >= 0.3 is 6.09 Å². The molecule has 0 radical (unpaired) electrons. The summed E-state index contributed by atoms with van der Waals surface area (Å²) >= 11 is 0. The van der Waals surface area contributed by atoms with Gasteiger partial charge in [0.25, 0.3) is 0 Å². The second-order valence-electron chi connectivity index (χ2n) is 6.25. The minimum Gasteiger partial charge on any atom is -0.444 e. The Morgan fingerprint density at radius 2 is 2.11 bits per heavy atom. The van der Waals surface area contributed by atoms with Gasteiger partial charge in [0.15, 0.2) is 0 Å². The average molecular weight is 256 g/mol. The molecule has 2 rings (SSSR count). The van der Waals surface area contributed by atoms with Crippen molar-refractivity contribution in [2.75, 3.05) is 33.4 Å². The van der Waals surface area contributed by atoms with Crippen molar-refractivity contribution in [3.63, 3.8) is 0 Å². The van der Waals surface area contributed by atoms with Gasteiger partial charge in [-0.1, -0.05) is 0 Å². The van der Waals surface area contributed by atoms with Gasteiger partial charge in [0.1, 0.15) is 5.60 Å².